The minimum Gasteiger partial charge on any atom is -0.335 e. The normalized spacial score (nSPS) is 15.7. The quantitative estimate of drug-likeness (QED) is 0.693. The summed E-state index contributed by atoms with van der Waals surface area (Å²) in [7, 11) is 0. The topological polar surface area (TPSA) is 20.3 Å². The predicted molar refractivity (Wildman–Crippen MR) is 86.0 cm³/mol. The standard InChI is InChI=1S/C15H19Br2NO/c1-11-6-7-12(10-14(11)17)15(19)18(9-8-16)13-4-2-3-5-13/h6-7,10,13H,2-5,8-9H2,1H3. The van der Waals surface area contributed by atoms with Crippen molar-refractivity contribution in [2.45, 2.75) is 38.6 Å². The largest absolute Gasteiger partial charge is 0.335 e. The molecule has 0 aromatic heterocycles. The molecule has 0 aliphatic heterocycles. The Labute approximate surface area is 131 Å². The predicted octanol–water partition coefficient (Wildman–Crippen LogP) is 4.54. The summed E-state index contributed by atoms with van der Waals surface area (Å²) in [5.41, 5.74) is 1.94. The molecule has 0 atom stereocenters. The Bertz CT molecular complexity index is 455. The van der Waals surface area contributed by atoms with Gasteiger partial charge in [-0.25, -0.2) is 0 Å². The van der Waals surface area contributed by atoms with Crippen LogP contribution in [0.3, 0.4) is 0 Å². The van der Waals surface area contributed by atoms with Crippen LogP contribution in [0, 0.1) is 6.92 Å². The van der Waals surface area contributed by atoms with Crippen molar-refractivity contribution in [2.24, 2.45) is 0 Å². The van der Waals surface area contributed by atoms with E-state index in [2.05, 4.69) is 31.9 Å². The Hall–Kier alpha value is -0.350. The van der Waals surface area contributed by atoms with Crippen molar-refractivity contribution in [3.8, 4) is 0 Å². The highest BCUT2D eigenvalue weighted by atomic mass is 79.9. The fourth-order valence-corrected chi connectivity index (χ4v) is 3.41. The third-order valence-corrected chi connectivity index (χ3v) is 4.98. The van der Waals surface area contributed by atoms with Gasteiger partial charge in [0.05, 0.1) is 0 Å². The monoisotopic (exact) mass is 387 g/mol. The van der Waals surface area contributed by atoms with Crippen LogP contribution in [-0.2, 0) is 0 Å². The number of hydrogen-bond donors (Lipinski definition) is 0. The second-order valence-electron chi connectivity index (χ2n) is 5.09. The fraction of sp³-hybridized carbons (Fsp3) is 0.533. The van der Waals surface area contributed by atoms with Crippen LogP contribution in [-0.4, -0.2) is 28.7 Å². The Balaban J connectivity index is 2.20. The molecular weight excluding hydrogens is 370 g/mol. The zero-order valence-corrected chi connectivity index (χ0v) is 14.3. The Morgan fingerprint density at radius 1 is 1.37 bits per heavy atom. The maximum Gasteiger partial charge on any atom is 0.254 e. The number of halogens is 2. The van der Waals surface area contributed by atoms with Gasteiger partial charge in [-0.15, -0.1) is 0 Å². The second kappa shape index (κ2) is 6.89. The van der Waals surface area contributed by atoms with E-state index in [0.29, 0.717) is 6.04 Å². The lowest BCUT2D eigenvalue weighted by atomic mass is 10.1. The molecule has 19 heavy (non-hydrogen) atoms. The Kier molecular flexibility index (Phi) is 5.46. The van der Waals surface area contributed by atoms with Crippen LogP contribution in [0.25, 0.3) is 0 Å². The number of rotatable bonds is 4. The van der Waals surface area contributed by atoms with Crippen molar-refractivity contribution in [1.82, 2.24) is 4.90 Å². The van der Waals surface area contributed by atoms with Gasteiger partial charge in [0.25, 0.3) is 5.91 Å². The van der Waals surface area contributed by atoms with Crippen molar-refractivity contribution in [2.75, 3.05) is 11.9 Å². The van der Waals surface area contributed by atoms with Crippen LogP contribution in [0.5, 0.6) is 0 Å². The number of aryl methyl sites for hydroxylation is 1. The molecule has 2 nitrogen and oxygen atoms in total. The number of carbonyl (C=O) groups excluding carboxylic acids is 1. The van der Waals surface area contributed by atoms with E-state index in [-0.39, 0.29) is 5.91 Å². The highest BCUT2D eigenvalue weighted by molar-refractivity contribution is 9.10. The van der Waals surface area contributed by atoms with Crippen molar-refractivity contribution < 1.29 is 4.79 Å². The van der Waals surface area contributed by atoms with E-state index >= 15 is 0 Å². The van der Waals surface area contributed by atoms with Gasteiger partial charge >= 0.3 is 0 Å². The van der Waals surface area contributed by atoms with E-state index < -0.39 is 0 Å². The van der Waals surface area contributed by atoms with Crippen LogP contribution >= 0.6 is 31.9 Å². The number of amides is 1. The van der Waals surface area contributed by atoms with Gasteiger partial charge < -0.3 is 4.90 Å². The fourth-order valence-electron chi connectivity index (χ4n) is 2.65. The lowest BCUT2D eigenvalue weighted by Gasteiger charge is -2.28. The van der Waals surface area contributed by atoms with Crippen molar-refractivity contribution in [3.63, 3.8) is 0 Å². The first-order valence-corrected chi connectivity index (χ1v) is 8.68. The molecule has 2 rings (SSSR count). The minimum absolute atomic E-state index is 0.159. The molecule has 1 saturated carbocycles. The van der Waals surface area contributed by atoms with Gasteiger partial charge in [-0.05, 0) is 37.5 Å². The third-order valence-electron chi connectivity index (χ3n) is 3.77. The molecule has 1 aromatic carbocycles. The summed E-state index contributed by atoms with van der Waals surface area (Å²) in [6.07, 6.45) is 4.78. The van der Waals surface area contributed by atoms with E-state index in [4.69, 9.17) is 0 Å². The molecular formula is C15H19Br2NO. The number of carbonyl (C=O) groups is 1. The van der Waals surface area contributed by atoms with Crippen LogP contribution in [0.15, 0.2) is 22.7 Å². The van der Waals surface area contributed by atoms with E-state index in [0.717, 1.165) is 40.3 Å². The van der Waals surface area contributed by atoms with E-state index in [1.165, 1.54) is 12.8 Å². The molecule has 0 heterocycles. The molecule has 1 aliphatic carbocycles. The highest BCUT2D eigenvalue weighted by Crippen LogP contribution is 2.26. The van der Waals surface area contributed by atoms with Crippen molar-refractivity contribution in [3.05, 3.63) is 33.8 Å². The molecule has 1 amide bonds. The first-order chi connectivity index (χ1) is 9.13. The average molecular weight is 389 g/mol. The summed E-state index contributed by atoms with van der Waals surface area (Å²) < 4.78 is 1.00. The smallest absolute Gasteiger partial charge is 0.254 e. The second-order valence-corrected chi connectivity index (χ2v) is 6.74. The highest BCUT2D eigenvalue weighted by Gasteiger charge is 2.26. The maximum absolute atomic E-state index is 12.7. The van der Waals surface area contributed by atoms with Gasteiger partial charge in [0.1, 0.15) is 0 Å². The molecule has 0 unspecified atom stereocenters. The lowest BCUT2D eigenvalue weighted by Crippen LogP contribution is -2.40. The van der Waals surface area contributed by atoms with Gasteiger partial charge in [0.2, 0.25) is 0 Å². The molecule has 0 bridgehead atoms. The van der Waals surface area contributed by atoms with Crippen molar-refractivity contribution >= 4 is 37.8 Å². The van der Waals surface area contributed by atoms with Crippen LogP contribution in [0.4, 0.5) is 0 Å². The average Bonchev–Trinajstić information content (AvgIpc) is 2.92. The molecule has 0 spiro atoms. The zero-order valence-electron chi connectivity index (χ0n) is 11.2. The van der Waals surface area contributed by atoms with Crippen LogP contribution in [0.1, 0.15) is 41.6 Å². The van der Waals surface area contributed by atoms with Gasteiger partial charge in [0, 0.05) is 28.0 Å². The van der Waals surface area contributed by atoms with Gasteiger partial charge in [0.15, 0.2) is 0 Å². The molecule has 1 fully saturated rings. The summed E-state index contributed by atoms with van der Waals surface area (Å²) in [4.78, 5) is 14.7. The molecule has 0 radical (unpaired) electrons. The summed E-state index contributed by atoms with van der Waals surface area (Å²) in [6.45, 7) is 2.82. The number of benzene rings is 1. The summed E-state index contributed by atoms with van der Waals surface area (Å²) in [5.74, 6) is 0.159. The zero-order chi connectivity index (χ0) is 13.8. The van der Waals surface area contributed by atoms with E-state index in [9.17, 15) is 4.79 Å². The summed E-state index contributed by atoms with van der Waals surface area (Å²) in [6, 6.07) is 6.29. The number of alkyl halides is 1. The molecule has 4 heteroatoms. The first kappa shape index (κ1) is 15.0. The Morgan fingerprint density at radius 3 is 2.63 bits per heavy atom. The van der Waals surface area contributed by atoms with Gasteiger partial charge in [-0.2, -0.15) is 0 Å². The SMILES string of the molecule is Cc1ccc(C(=O)N(CCBr)C2CCCC2)cc1Br. The molecule has 0 N–H and O–H groups in total. The summed E-state index contributed by atoms with van der Waals surface area (Å²) >= 11 is 6.97. The maximum atomic E-state index is 12.7. The molecule has 1 aromatic rings. The lowest BCUT2D eigenvalue weighted by molar-refractivity contribution is 0.0696. The van der Waals surface area contributed by atoms with Crippen LogP contribution < -0.4 is 0 Å². The van der Waals surface area contributed by atoms with Crippen molar-refractivity contribution in [1.29, 1.82) is 0 Å². The minimum atomic E-state index is 0.159. The van der Waals surface area contributed by atoms with E-state index in [1.807, 2.05) is 30.0 Å². The Morgan fingerprint density at radius 2 is 2.05 bits per heavy atom. The molecule has 1 aliphatic rings. The third kappa shape index (κ3) is 3.60. The van der Waals surface area contributed by atoms with Gasteiger partial charge in [-0.1, -0.05) is 50.8 Å². The first-order valence-electron chi connectivity index (χ1n) is 6.76. The molecule has 0 saturated heterocycles. The van der Waals surface area contributed by atoms with E-state index in [1.54, 1.807) is 0 Å². The molecule has 104 valence electrons. The number of hydrogen-bond acceptors (Lipinski definition) is 1. The van der Waals surface area contributed by atoms with Crippen LogP contribution in [0.2, 0.25) is 0 Å². The summed E-state index contributed by atoms with van der Waals surface area (Å²) in [5, 5.41) is 0.836. The van der Waals surface area contributed by atoms with Gasteiger partial charge in [-0.3, -0.25) is 4.79 Å². The number of nitrogens with zero attached hydrogens (tertiary/aromatic N) is 1.